The van der Waals surface area contributed by atoms with Crippen molar-refractivity contribution in [1.29, 1.82) is 0 Å². The number of hydrogen-bond donors (Lipinski definition) is 1. The van der Waals surface area contributed by atoms with Crippen molar-refractivity contribution in [1.82, 2.24) is 5.32 Å². The second-order valence-corrected chi connectivity index (χ2v) is 4.49. The molecule has 0 unspecified atom stereocenters. The molecule has 104 valence electrons. The van der Waals surface area contributed by atoms with Crippen LogP contribution in [0, 0.1) is 0 Å². The van der Waals surface area contributed by atoms with E-state index in [9.17, 15) is 0 Å². The zero-order valence-corrected chi connectivity index (χ0v) is 12.0. The molecule has 0 aromatic heterocycles. The maximum absolute atomic E-state index is 5.39. The van der Waals surface area contributed by atoms with E-state index in [-0.39, 0.29) is 0 Å². The Morgan fingerprint density at radius 1 is 0.882 bits per heavy atom. The molecule has 0 spiro atoms. The van der Waals surface area contributed by atoms with E-state index in [2.05, 4.69) is 18.5 Å². The Hall–Kier alpha value is 0.190. The van der Waals surface area contributed by atoms with E-state index < -0.39 is 0 Å². The van der Waals surface area contributed by atoms with Crippen LogP contribution >= 0.6 is 11.8 Å². The van der Waals surface area contributed by atoms with E-state index >= 15 is 0 Å². The van der Waals surface area contributed by atoms with Gasteiger partial charge in [-0.15, -0.1) is 11.8 Å². The summed E-state index contributed by atoms with van der Waals surface area (Å²) in [5, 5.41) is 3.24. The van der Waals surface area contributed by atoms with Gasteiger partial charge >= 0.3 is 0 Å². The first kappa shape index (κ1) is 17.2. The average molecular weight is 265 g/mol. The summed E-state index contributed by atoms with van der Waals surface area (Å²) < 4.78 is 16.1. The van der Waals surface area contributed by atoms with Crippen LogP contribution in [0.3, 0.4) is 0 Å². The van der Waals surface area contributed by atoms with Crippen LogP contribution in [0.1, 0.15) is 19.8 Å². The van der Waals surface area contributed by atoms with Crippen molar-refractivity contribution in [3.63, 3.8) is 0 Å². The molecule has 4 nitrogen and oxygen atoms in total. The van der Waals surface area contributed by atoms with Crippen molar-refractivity contribution in [2.75, 3.05) is 58.3 Å². The number of rotatable bonds is 14. The second-order valence-electron chi connectivity index (χ2n) is 3.62. The van der Waals surface area contributed by atoms with Gasteiger partial charge in [0.1, 0.15) is 0 Å². The van der Waals surface area contributed by atoms with Crippen LogP contribution < -0.4 is 5.32 Å². The third-order valence-electron chi connectivity index (χ3n) is 2.06. The molecule has 5 heteroatoms. The Morgan fingerprint density at radius 2 is 1.47 bits per heavy atom. The monoisotopic (exact) mass is 265 g/mol. The van der Waals surface area contributed by atoms with Gasteiger partial charge in [-0.05, 0) is 12.7 Å². The Bertz CT molecular complexity index is 125. The standard InChI is InChI=1S/C12H27NO3S/c1-3-4-6-14-8-10-16-11-9-15-7-5-13-12-17-2/h13H,3-12H2,1-2H3. The minimum Gasteiger partial charge on any atom is -0.379 e. The van der Waals surface area contributed by atoms with Crippen molar-refractivity contribution in [3.8, 4) is 0 Å². The first-order chi connectivity index (χ1) is 8.41. The molecule has 0 aliphatic heterocycles. The maximum atomic E-state index is 5.39. The van der Waals surface area contributed by atoms with Gasteiger partial charge in [0.05, 0.1) is 33.0 Å². The molecule has 1 N–H and O–H groups in total. The molecular weight excluding hydrogens is 238 g/mol. The number of thioether (sulfide) groups is 1. The molecule has 0 aliphatic rings. The van der Waals surface area contributed by atoms with Gasteiger partial charge in [-0.3, -0.25) is 0 Å². The topological polar surface area (TPSA) is 39.7 Å². The molecule has 0 rings (SSSR count). The second kappa shape index (κ2) is 16.2. The molecule has 0 radical (unpaired) electrons. The summed E-state index contributed by atoms with van der Waals surface area (Å²) in [4.78, 5) is 0. The lowest BCUT2D eigenvalue weighted by molar-refractivity contribution is 0.0148. The highest BCUT2D eigenvalue weighted by molar-refractivity contribution is 7.98. The normalized spacial score (nSPS) is 10.9. The van der Waals surface area contributed by atoms with Crippen LogP contribution in [0.15, 0.2) is 0 Å². The molecule has 0 heterocycles. The molecule has 0 aromatic carbocycles. The SMILES string of the molecule is CCCCOCCOCCOCCNCSC. The third kappa shape index (κ3) is 16.2. The van der Waals surface area contributed by atoms with E-state index in [4.69, 9.17) is 14.2 Å². The van der Waals surface area contributed by atoms with Gasteiger partial charge in [0.15, 0.2) is 0 Å². The summed E-state index contributed by atoms with van der Waals surface area (Å²) in [6, 6.07) is 0. The first-order valence-corrected chi connectivity index (χ1v) is 7.74. The smallest absolute Gasteiger partial charge is 0.0701 e. The van der Waals surface area contributed by atoms with Gasteiger partial charge in [-0.1, -0.05) is 13.3 Å². The molecule has 0 amide bonds. The van der Waals surface area contributed by atoms with Crippen molar-refractivity contribution in [3.05, 3.63) is 0 Å². The summed E-state index contributed by atoms with van der Waals surface area (Å²) in [6.45, 7) is 7.32. The van der Waals surface area contributed by atoms with E-state index in [1.54, 1.807) is 11.8 Å². The van der Waals surface area contributed by atoms with Crippen molar-refractivity contribution in [2.45, 2.75) is 19.8 Å². The van der Waals surface area contributed by atoms with Crippen molar-refractivity contribution in [2.24, 2.45) is 0 Å². The molecule has 0 aliphatic carbocycles. The predicted molar refractivity (Wildman–Crippen MR) is 73.7 cm³/mol. The lowest BCUT2D eigenvalue weighted by Gasteiger charge is -2.07. The van der Waals surface area contributed by atoms with Gasteiger partial charge < -0.3 is 19.5 Å². The molecule has 0 atom stereocenters. The molecule has 0 bridgehead atoms. The van der Waals surface area contributed by atoms with Crippen molar-refractivity contribution >= 4 is 11.8 Å². The lowest BCUT2D eigenvalue weighted by atomic mass is 10.4. The highest BCUT2D eigenvalue weighted by Crippen LogP contribution is 1.88. The van der Waals surface area contributed by atoms with Crippen LogP contribution in [0.2, 0.25) is 0 Å². The Kier molecular flexibility index (Phi) is 16.4. The fourth-order valence-corrected chi connectivity index (χ4v) is 1.46. The molecule has 17 heavy (non-hydrogen) atoms. The zero-order chi connectivity index (χ0) is 12.6. The van der Waals surface area contributed by atoms with Gasteiger partial charge in [-0.25, -0.2) is 0 Å². The molecule has 0 saturated carbocycles. The van der Waals surface area contributed by atoms with Crippen LogP contribution in [0.4, 0.5) is 0 Å². The lowest BCUT2D eigenvalue weighted by Crippen LogP contribution is -2.20. The quantitative estimate of drug-likeness (QED) is 0.383. The number of hydrogen-bond acceptors (Lipinski definition) is 5. The molecule has 0 saturated heterocycles. The predicted octanol–water partition coefficient (Wildman–Crippen LogP) is 1.75. The fraction of sp³-hybridized carbons (Fsp3) is 1.00. The number of unbranched alkanes of at least 4 members (excludes halogenated alkanes) is 1. The maximum Gasteiger partial charge on any atom is 0.0701 e. The molecule has 0 aromatic rings. The van der Waals surface area contributed by atoms with Gasteiger partial charge in [0, 0.05) is 19.0 Å². The van der Waals surface area contributed by atoms with Gasteiger partial charge in [0.2, 0.25) is 0 Å². The molecule has 0 fully saturated rings. The van der Waals surface area contributed by atoms with Crippen molar-refractivity contribution < 1.29 is 14.2 Å². The summed E-state index contributed by atoms with van der Waals surface area (Å²) >= 11 is 1.78. The van der Waals surface area contributed by atoms with Crippen LogP contribution in [0.25, 0.3) is 0 Å². The Morgan fingerprint density at radius 3 is 2.06 bits per heavy atom. The van der Waals surface area contributed by atoms with Gasteiger partial charge in [-0.2, -0.15) is 0 Å². The summed E-state index contributed by atoms with van der Waals surface area (Å²) in [6.07, 6.45) is 4.38. The van der Waals surface area contributed by atoms with E-state index in [1.807, 2.05) is 0 Å². The average Bonchev–Trinajstić information content (AvgIpc) is 2.35. The highest BCUT2D eigenvalue weighted by Gasteiger charge is 1.91. The van der Waals surface area contributed by atoms with Gasteiger partial charge in [0.25, 0.3) is 0 Å². The van der Waals surface area contributed by atoms with Crippen LogP contribution in [-0.4, -0.2) is 58.3 Å². The van der Waals surface area contributed by atoms with E-state index in [1.165, 1.54) is 6.42 Å². The number of ether oxygens (including phenoxy) is 3. The fourth-order valence-electron chi connectivity index (χ4n) is 1.11. The summed E-state index contributed by atoms with van der Waals surface area (Å²) in [5.41, 5.74) is 0. The van der Waals surface area contributed by atoms with E-state index in [0.29, 0.717) is 26.4 Å². The first-order valence-electron chi connectivity index (χ1n) is 6.34. The van der Waals surface area contributed by atoms with Crippen LogP contribution in [-0.2, 0) is 14.2 Å². The third-order valence-corrected chi connectivity index (χ3v) is 2.55. The molecular formula is C12H27NO3S. The highest BCUT2D eigenvalue weighted by atomic mass is 32.2. The Balaban J connectivity index is 2.85. The summed E-state index contributed by atoms with van der Waals surface area (Å²) in [7, 11) is 0. The Labute approximate surface area is 110 Å². The minimum atomic E-state index is 0.652. The van der Waals surface area contributed by atoms with Crippen LogP contribution in [0.5, 0.6) is 0 Å². The largest absolute Gasteiger partial charge is 0.379 e. The number of nitrogens with one attached hydrogen (secondary N) is 1. The summed E-state index contributed by atoms with van der Waals surface area (Å²) in [5.74, 6) is 0.981. The minimum absolute atomic E-state index is 0.652. The zero-order valence-electron chi connectivity index (χ0n) is 11.2. The van der Waals surface area contributed by atoms with E-state index in [0.717, 1.165) is 32.1 Å².